The molecule has 1 fully saturated rings. The van der Waals surface area contributed by atoms with E-state index in [0.717, 1.165) is 29.9 Å². The third-order valence-electron chi connectivity index (χ3n) is 3.46. The first-order valence-electron chi connectivity index (χ1n) is 5.76. The van der Waals surface area contributed by atoms with E-state index in [-0.39, 0.29) is 6.04 Å². The fraction of sp³-hybridized carbons (Fsp3) is 0.538. The highest BCUT2D eigenvalue weighted by atomic mass is 16.5. The molecule has 0 amide bonds. The molecule has 1 aliphatic rings. The molecule has 0 saturated heterocycles. The molecule has 0 aromatic heterocycles. The lowest BCUT2D eigenvalue weighted by Gasteiger charge is -2.35. The van der Waals surface area contributed by atoms with Crippen LogP contribution in [0.1, 0.15) is 24.3 Å². The largest absolute Gasteiger partial charge is 0.496 e. The van der Waals surface area contributed by atoms with E-state index >= 15 is 0 Å². The number of ether oxygens (including phenoxy) is 3. The van der Waals surface area contributed by atoms with Crippen molar-refractivity contribution in [3.05, 3.63) is 17.7 Å². The molecule has 0 bridgehead atoms. The number of rotatable bonds is 4. The van der Waals surface area contributed by atoms with Crippen molar-refractivity contribution in [2.24, 2.45) is 5.73 Å². The summed E-state index contributed by atoms with van der Waals surface area (Å²) >= 11 is 0. The van der Waals surface area contributed by atoms with E-state index < -0.39 is 0 Å². The Labute approximate surface area is 102 Å². The maximum absolute atomic E-state index is 6.01. The molecule has 2 N–H and O–H groups in total. The van der Waals surface area contributed by atoms with E-state index in [1.165, 1.54) is 0 Å². The maximum atomic E-state index is 6.01. The Morgan fingerprint density at radius 1 is 0.941 bits per heavy atom. The van der Waals surface area contributed by atoms with Gasteiger partial charge in [0.1, 0.15) is 5.75 Å². The molecular formula is C13H19NO3. The van der Waals surface area contributed by atoms with E-state index in [2.05, 4.69) is 0 Å². The highest BCUT2D eigenvalue weighted by Crippen LogP contribution is 2.44. The molecule has 0 heterocycles. The number of benzene rings is 1. The van der Waals surface area contributed by atoms with Gasteiger partial charge in [-0.2, -0.15) is 0 Å². The van der Waals surface area contributed by atoms with Gasteiger partial charge in [-0.3, -0.25) is 0 Å². The van der Waals surface area contributed by atoms with E-state index in [1.807, 2.05) is 12.1 Å². The van der Waals surface area contributed by atoms with Crippen LogP contribution >= 0.6 is 0 Å². The molecule has 0 radical (unpaired) electrons. The Hall–Kier alpha value is -1.42. The molecule has 1 aliphatic carbocycles. The van der Waals surface area contributed by atoms with E-state index in [4.69, 9.17) is 19.9 Å². The van der Waals surface area contributed by atoms with Crippen LogP contribution in [-0.2, 0) is 0 Å². The van der Waals surface area contributed by atoms with Crippen molar-refractivity contribution in [3.8, 4) is 17.2 Å². The van der Waals surface area contributed by atoms with E-state index in [0.29, 0.717) is 11.7 Å². The molecule has 0 spiro atoms. The molecule has 2 atom stereocenters. The van der Waals surface area contributed by atoms with Crippen LogP contribution in [0.15, 0.2) is 12.1 Å². The Morgan fingerprint density at radius 3 is 1.94 bits per heavy atom. The lowest BCUT2D eigenvalue weighted by molar-refractivity contribution is 0.318. The summed E-state index contributed by atoms with van der Waals surface area (Å²) in [6.45, 7) is 0. The molecule has 1 unspecified atom stereocenters. The van der Waals surface area contributed by atoms with Crippen molar-refractivity contribution in [2.75, 3.05) is 21.3 Å². The van der Waals surface area contributed by atoms with Crippen molar-refractivity contribution < 1.29 is 14.2 Å². The van der Waals surface area contributed by atoms with Gasteiger partial charge in [0, 0.05) is 23.6 Å². The molecule has 4 heteroatoms. The summed E-state index contributed by atoms with van der Waals surface area (Å²) in [5.74, 6) is 2.59. The molecule has 1 aromatic rings. The minimum absolute atomic E-state index is 0.224. The Kier molecular flexibility index (Phi) is 3.43. The van der Waals surface area contributed by atoms with Crippen molar-refractivity contribution in [2.45, 2.75) is 24.8 Å². The second-order valence-corrected chi connectivity index (χ2v) is 4.30. The van der Waals surface area contributed by atoms with Crippen LogP contribution in [0.5, 0.6) is 17.2 Å². The van der Waals surface area contributed by atoms with Crippen molar-refractivity contribution in [3.63, 3.8) is 0 Å². The van der Waals surface area contributed by atoms with Crippen molar-refractivity contribution in [1.29, 1.82) is 0 Å². The Morgan fingerprint density at radius 2 is 1.53 bits per heavy atom. The Bertz CT molecular complexity index is 406. The first kappa shape index (κ1) is 12.0. The summed E-state index contributed by atoms with van der Waals surface area (Å²) in [4.78, 5) is 0. The van der Waals surface area contributed by atoms with Gasteiger partial charge < -0.3 is 19.9 Å². The third-order valence-corrected chi connectivity index (χ3v) is 3.46. The first-order valence-corrected chi connectivity index (χ1v) is 5.76. The zero-order valence-electron chi connectivity index (χ0n) is 10.5. The zero-order valence-corrected chi connectivity index (χ0v) is 10.5. The minimum atomic E-state index is 0.224. The average Bonchev–Trinajstić information content (AvgIpc) is 2.36. The van der Waals surface area contributed by atoms with Gasteiger partial charge >= 0.3 is 0 Å². The third kappa shape index (κ3) is 2.05. The zero-order chi connectivity index (χ0) is 12.4. The summed E-state index contributed by atoms with van der Waals surface area (Å²) in [6, 6.07) is 4.06. The fourth-order valence-corrected chi connectivity index (χ4v) is 2.25. The predicted octanol–water partition coefficient (Wildman–Crippen LogP) is 1.92. The molecule has 0 aliphatic heterocycles. The highest BCUT2D eigenvalue weighted by molar-refractivity contribution is 5.52. The van der Waals surface area contributed by atoms with Crippen molar-refractivity contribution >= 4 is 0 Å². The van der Waals surface area contributed by atoms with Gasteiger partial charge in [0.15, 0.2) is 11.5 Å². The molecular weight excluding hydrogens is 218 g/mol. The second kappa shape index (κ2) is 4.84. The number of hydrogen-bond acceptors (Lipinski definition) is 4. The predicted molar refractivity (Wildman–Crippen MR) is 66.0 cm³/mol. The fourth-order valence-electron chi connectivity index (χ4n) is 2.25. The van der Waals surface area contributed by atoms with E-state index in [1.54, 1.807) is 21.3 Å². The van der Waals surface area contributed by atoms with Gasteiger partial charge in [-0.25, -0.2) is 0 Å². The SMILES string of the molecule is COc1cc(OC)c(C2CC[C@@H]2N)cc1OC. The van der Waals surface area contributed by atoms with Crippen LogP contribution in [-0.4, -0.2) is 27.4 Å². The van der Waals surface area contributed by atoms with Crippen LogP contribution in [0.4, 0.5) is 0 Å². The van der Waals surface area contributed by atoms with Gasteiger partial charge in [-0.15, -0.1) is 0 Å². The molecule has 4 nitrogen and oxygen atoms in total. The highest BCUT2D eigenvalue weighted by Gasteiger charge is 2.32. The molecule has 2 rings (SSSR count). The maximum Gasteiger partial charge on any atom is 0.164 e. The molecule has 1 saturated carbocycles. The monoisotopic (exact) mass is 237 g/mol. The van der Waals surface area contributed by atoms with Crippen LogP contribution < -0.4 is 19.9 Å². The normalized spacial score (nSPS) is 22.8. The van der Waals surface area contributed by atoms with Gasteiger partial charge in [-0.1, -0.05) is 0 Å². The smallest absolute Gasteiger partial charge is 0.164 e. The van der Waals surface area contributed by atoms with Gasteiger partial charge in [0.25, 0.3) is 0 Å². The van der Waals surface area contributed by atoms with Crippen LogP contribution in [0.3, 0.4) is 0 Å². The number of hydrogen-bond donors (Lipinski definition) is 1. The standard InChI is InChI=1S/C13H19NO3/c1-15-11-7-13(17-3)12(16-2)6-9(11)8-4-5-10(8)14/h6-8,10H,4-5,14H2,1-3H3/t8?,10-/m0/s1. The first-order chi connectivity index (χ1) is 8.21. The van der Waals surface area contributed by atoms with Crippen LogP contribution in [0, 0.1) is 0 Å². The molecule has 94 valence electrons. The summed E-state index contributed by atoms with van der Waals surface area (Å²) < 4.78 is 16.0. The van der Waals surface area contributed by atoms with E-state index in [9.17, 15) is 0 Å². The summed E-state index contributed by atoms with van der Waals surface area (Å²) in [7, 11) is 4.91. The van der Waals surface area contributed by atoms with Gasteiger partial charge in [0.2, 0.25) is 0 Å². The summed E-state index contributed by atoms with van der Waals surface area (Å²) in [5.41, 5.74) is 7.13. The minimum Gasteiger partial charge on any atom is -0.496 e. The van der Waals surface area contributed by atoms with Crippen molar-refractivity contribution in [1.82, 2.24) is 0 Å². The lowest BCUT2D eigenvalue weighted by atomic mass is 9.75. The number of nitrogens with two attached hydrogens (primary N) is 1. The lowest BCUT2D eigenvalue weighted by Crippen LogP contribution is -2.37. The molecule has 17 heavy (non-hydrogen) atoms. The van der Waals surface area contributed by atoms with Crippen LogP contribution in [0.2, 0.25) is 0 Å². The molecule has 1 aromatic carbocycles. The van der Waals surface area contributed by atoms with Gasteiger partial charge in [-0.05, 0) is 18.9 Å². The summed E-state index contributed by atoms with van der Waals surface area (Å²) in [5, 5.41) is 0. The summed E-state index contributed by atoms with van der Waals surface area (Å²) in [6.07, 6.45) is 2.18. The average molecular weight is 237 g/mol. The number of methoxy groups -OCH3 is 3. The topological polar surface area (TPSA) is 53.7 Å². The van der Waals surface area contributed by atoms with Crippen LogP contribution in [0.25, 0.3) is 0 Å². The quantitative estimate of drug-likeness (QED) is 0.869. The Balaban J connectivity index is 2.42. The van der Waals surface area contributed by atoms with Gasteiger partial charge in [0.05, 0.1) is 21.3 Å². The second-order valence-electron chi connectivity index (χ2n) is 4.30.